The Morgan fingerprint density at radius 3 is 2.52 bits per heavy atom. The maximum absolute atomic E-state index is 13.2. The number of nitrogens with zero attached hydrogens (tertiary/aromatic N) is 3. The van der Waals surface area contributed by atoms with Gasteiger partial charge in [0.1, 0.15) is 30.0 Å². The van der Waals surface area contributed by atoms with Crippen molar-refractivity contribution in [3.8, 4) is 11.5 Å². The van der Waals surface area contributed by atoms with Gasteiger partial charge in [-0.3, -0.25) is 14.8 Å². The van der Waals surface area contributed by atoms with E-state index in [4.69, 9.17) is 9.47 Å². The third-order valence-electron chi connectivity index (χ3n) is 6.38. The van der Waals surface area contributed by atoms with Gasteiger partial charge in [-0.1, -0.05) is 18.2 Å². The smallest absolute Gasteiger partial charge is 0.137 e. The Morgan fingerprint density at radius 2 is 1.73 bits per heavy atom. The highest BCUT2D eigenvalue weighted by molar-refractivity contribution is 5.38. The first kappa shape index (κ1) is 21.9. The van der Waals surface area contributed by atoms with Gasteiger partial charge in [0.05, 0.1) is 6.20 Å². The van der Waals surface area contributed by atoms with E-state index in [1.165, 1.54) is 23.3 Å². The molecule has 0 saturated carbocycles. The summed E-state index contributed by atoms with van der Waals surface area (Å²) in [5, 5.41) is 0. The zero-order valence-electron chi connectivity index (χ0n) is 18.8. The summed E-state index contributed by atoms with van der Waals surface area (Å²) in [6, 6.07) is 17.2. The number of pyridine rings is 1. The molecule has 0 radical (unpaired) electrons. The van der Waals surface area contributed by atoms with Crippen LogP contribution in [0.2, 0.25) is 0 Å². The largest absolute Gasteiger partial charge is 0.492 e. The minimum Gasteiger partial charge on any atom is -0.492 e. The van der Waals surface area contributed by atoms with Gasteiger partial charge in [-0.25, -0.2) is 4.39 Å². The molecule has 172 valence electrons. The number of fused-ring (bicyclic) bond motifs is 1. The molecule has 5 rings (SSSR count). The fourth-order valence-electron chi connectivity index (χ4n) is 4.64. The van der Waals surface area contributed by atoms with Crippen LogP contribution < -0.4 is 9.47 Å². The van der Waals surface area contributed by atoms with Crippen LogP contribution in [0.4, 0.5) is 4.39 Å². The number of likely N-dealkylation sites (tertiary alicyclic amines) is 1. The number of aromatic nitrogens is 1. The van der Waals surface area contributed by atoms with Crippen LogP contribution in [0, 0.1) is 5.82 Å². The third-order valence-corrected chi connectivity index (χ3v) is 6.38. The molecule has 1 saturated heterocycles. The number of halogens is 1. The molecule has 3 aromatic rings. The van der Waals surface area contributed by atoms with Crippen molar-refractivity contribution < 1.29 is 13.9 Å². The average molecular weight is 448 g/mol. The Bertz CT molecular complexity index is 1040. The van der Waals surface area contributed by atoms with Gasteiger partial charge in [0.15, 0.2) is 0 Å². The fourth-order valence-corrected chi connectivity index (χ4v) is 4.64. The van der Waals surface area contributed by atoms with E-state index >= 15 is 0 Å². The summed E-state index contributed by atoms with van der Waals surface area (Å²) in [6.07, 6.45) is 5.85. The highest BCUT2D eigenvalue weighted by atomic mass is 19.1. The molecule has 6 heteroatoms. The Balaban J connectivity index is 1.17. The summed E-state index contributed by atoms with van der Waals surface area (Å²) in [5.41, 5.74) is 3.65. The second kappa shape index (κ2) is 10.3. The molecule has 3 heterocycles. The molecule has 0 unspecified atom stereocenters. The maximum Gasteiger partial charge on any atom is 0.137 e. The van der Waals surface area contributed by atoms with Crippen molar-refractivity contribution in [1.82, 2.24) is 14.8 Å². The van der Waals surface area contributed by atoms with Crippen molar-refractivity contribution >= 4 is 0 Å². The molecule has 1 aromatic heterocycles. The van der Waals surface area contributed by atoms with E-state index in [-0.39, 0.29) is 11.9 Å². The van der Waals surface area contributed by atoms with Crippen LogP contribution >= 0.6 is 0 Å². The normalized spacial score (nSPS) is 17.7. The lowest BCUT2D eigenvalue weighted by molar-refractivity contribution is 0.0965. The molecule has 0 aliphatic carbocycles. The Hall–Kier alpha value is -2.96. The molecule has 5 nitrogen and oxygen atoms in total. The minimum absolute atomic E-state index is 0.194. The van der Waals surface area contributed by atoms with Crippen molar-refractivity contribution in [2.75, 3.05) is 26.2 Å². The molecule has 2 aliphatic rings. The minimum atomic E-state index is -0.194. The summed E-state index contributed by atoms with van der Waals surface area (Å²) in [5.74, 6) is 1.64. The predicted molar refractivity (Wildman–Crippen MR) is 126 cm³/mol. The molecule has 0 N–H and O–H groups in total. The summed E-state index contributed by atoms with van der Waals surface area (Å²) in [7, 11) is 0. The van der Waals surface area contributed by atoms with Crippen molar-refractivity contribution in [3.05, 3.63) is 89.5 Å². The van der Waals surface area contributed by atoms with Crippen molar-refractivity contribution in [2.45, 2.75) is 38.6 Å². The highest BCUT2D eigenvalue weighted by Crippen LogP contribution is 2.27. The summed E-state index contributed by atoms with van der Waals surface area (Å²) in [6.45, 7) is 6.12. The second-order valence-electron chi connectivity index (χ2n) is 8.91. The van der Waals surface area contributed by atoms with Crippen molar-refractivity contribution in [2.24, 2.45) is 0 Å². The number of hydrogen-bond acceptors (Lipinski definition) is 5. The summed E-state index contributed by atoms with van der Waals surface area (Å²) >= 11 is 0. The molecule has 2 aliphatic heterocycles. The molecule has 1 fully saturated rings. The van der Waals surface area contributed by atoms with Crippen molar-refractivity contribution in [3.63, 3.8) is 0 Å². The molecule has 0 spiro atoms. The number of rotatable bonds is 6. The van der Waals surface area contributed by atoms with Crippen LogP contribution in [0.15, 0.2) is 67.0 Å². The van der Waals surface area contributed by atoms with E-state index in [1.54, 1.807) is 12.4 Å². The Kier molecular flexibility index (Phi) is 6.84. The quantitative estimate of drug-likeness (QED) is 0.550. The van der Waals surface area contributed by atoms with Crippen molar-refractivity contribution in [1.29, 1.82) is 0 Å². The lowest BCUT2D eigenvalue weighted by Crippen LogP contribution is -2.37. The number of piperidine rings is 1. The lowest BCUT2D eigenvalue weighted by atomic mass is 10.0. The SMILES string of the molecule is Fc1ccc(CN2CCOc3ccc(CN4CCC(Oc5cccnc5)CC4)cc3C2)cc1. The predicted octanol–water partition coefficient (Wildman–Crippen LogP) is 4.66. The van der Waals surface area contributed by atoms with E-state index in [0.29, 0.717) is 6.61 Å². The first-order chi connectivity index (χ1) is 16.2. The first-order valence-electron chi connectivity index (χ1n) is 11.7. The van der Waals surface area contributed by atoms with Crippen LogP contribution in [-0.4, -0.2) is 47.1 Å². The van der Waals surface area contributed by atoms with Crippen LogP contribution in [0.25, 0.3) is 0 Å². The van der Waals surface area contributed by atoms with Gasteiger partial charge >= 0.3 is 0 Å². The third kappa shape index (κ3) is 5.89. The maximum atomic E-state index is 13.2. The first-order valence-corrected chi connectivity index (χ1v) is 11.7. The van der Waals surface area contributed by atoms with Gasteiger partial charge in [0, 0.05) is 51.0 Å². The van der Waals surface area contributed by atoms with E-state index in [1.807, 2.05) is 24.3 Å². The molecule has 2 aromatic carbocycles. The van der Waals surface area contributed by atoms with E-state index in [9.17, 15) is 4.39 Å². The van der Waals surface area contributed by atoms with Gasteiger partial charge in [-0.15, -0.1) is 0 Å². The second-order valence-corrected chi connectivity index (χ2v) is 8.91. The van der Waals surface area contributed by atoms with Gasteiger partial charge in [-0.05, 0) is 60.4 Å². The molecule has 33 heavy (non-hydrogen) atoms. The van der Waals surface area contributed by atoms with E-state index in [0.717, 1.165) is 69.2 Å². The van der Waals surface area contributed by atoms with Crippen LogP contribution in [-0.2, 0) is 19.6 Å². The lowest BCUT2D eigenvalue weighted by Gasteiger charge is -2.32. The zero-order valence-corrected chi connectivity index (χ0v) is 18.8. The summed E-state index contributed by atoms with van der Waals surface area (Å²) in [4.78, 5) is 8.99. The van der Waals surface area contributed by atoms with Crippen LogP contribution in [0.3, 0.4) is 0 Å². The summed E-state index contributed by atoms with van der Waals surface area (Å²) < 4.78 is 25.3. The Morgan fingerprint density at radius 1 is 0.939 bits per heavy atom. The van der Waals surface area contributed by atoms with E-state index < -0.39 is 0 Å². The topological polar surface area (TPSA) is 37.8 Å². The molecule has 0 amide bonds. The number of hydrogen-bond donors (Lipinski definition) is 0. The molecule has 0 bridgehead atoms. The molecular weight excluding hydrogens is 417 g/mol. The van der Waals surface area contributed by atoms with Crippen LogP contribution in [0.5, 0.6) is 11.5 Å². The molecular formula is C27H30FN3O2. The zero-order chi connectivity index (χ0) is 22.5. The Labute approximate surface area is 194 Å². The van der Waals surface area contributed by atoms with Gasteiger partial charge in [0.2, 0.25) is 0 Å². The monoisotopic (exact) mass is 447 g/mol. The average Bonchev–Trinajstić information content (AvgIpc) is 3.04. The van der Waals surface area contributed by atoms with Gasteiger partial charge in [0.25, 0.3) is 0 Å². The highest BCUT2D eigenvalue weighted by Gasteiger charge is 2.22. The van der Waals surface area contributed by atoms with Gasteiger partial charge < -0.3 is 9.47 Å². The van der Waals surface area contributed by atoms with Crippen LogP contribution in [0.1, 0.15) is 29.5 Å². The van der Waals surface area contributed by atoms with E-state index in [2.05, 4.69) is 33.0 Å². The standard InChI is InChI=1S/C27H30FN3O2/c28-24-6-3-21(4-7-24)18-31-14-15-32-27-8-5-22(16-23(27)20-31)19-30-12-9-25(10-13-30)33-26-2-1-11-29-17-26/h1-8,11,16-17,25H,9-10,12-15,18-20H2. The fraction of sp³-hybridized carbons (Fsp3) is 0.370. The molecule has 0 atom stereocenters. The number of ether oxygens (including phenoxy) is 2. The van der Waals surface area contributed by atoms with Gasteiger partial charge in [-0.2, -0.15) is 0 Å². The number of benzene rings is 2.